The van der Waals surface area contributed by atoms with Gasteiger partial charge in [0.15, 0.2) is 0 Å². The maximum absolute atomic E-state index is 13.5. The Hall–Kier alpha value is -2.43. The molecule has 2 rings (SSSR count). The molecular weight excluding hydrogens is 266 g/mol. The second-order valence-corrected chi connectivity index (χ2v) is 4.15. The van der Waals surface area contributed by atoms with Gasteiger partial charge in [-0.2, -0.15) is 0 Å². The van der Waals surface area contributed by atoms with Crippen molar-refractivity contribution in [3.05, 3.63) is 59.2 Å². The number of halogens is 2. The van der Waals surface area contributed by atoms with Crippen LogP contribution in [0.5, 0.6) is 11.5 Å². The largest absolute Gasteiger partial charge is 0.478 e. The third kappa shape index (κ3) is 2.93. The van der Waals surface area contributed by atoms with Crippen LogP contribution < -0.4 is 4.74 Å². The first-order valence-electron chi connectivity index (χ1n) is 6.00. The molecule has 2 aromatic carbocycles. The van der Waals surface area contributed by atoms with Gasteiger partial charge in [-0.1, -0.05) is 6.92 Å². The normalized spacial score (nSPS) is 10.3. The molecule has 104 valence electrons. The molecule has 5 heteroatoms. The average molecular weight is 278 g/mol. The van der Waals surface area contributed by atoms with E-state index < -0.39 is 17.3 Å². The summed E-state index contributed by atoms with van der Waals surface area (Å²) in [7, 11) is 0. The molecule has 0 spiro atoms. The minimum absolute atomic E-state index is 0.161. The van der Waals surface area contributed by atoms with Crippen molar-refractivity contribution in [3.8, 4) is 11.5 Å². The van der Waals surface area contributed by atoms with Crippen LogP contribution >= 0.6 is 0 Å². The third-order valence-corrected chi connectivity index (χ3v) is 2.80. The zero-order valence-electron chi connectivity index (χ0n) is 10.7. The van der Waals surface area contributed by atoms with Crippen molar-refractivity contribution in [1.29, 1.82) is 0 Å². The van der Waals surface area contributed by atoms with Crippen LogP contribution in [-0.2, 0) is 6.42 Å². The number of benzene rings is 2. The van der Waals surface area contributed by atoms with Crippen molar-refractivity contribution in [1.82, 2.24) is 0 Å². The number of hydrogen-bond acceptors (Lipinski definition) is 2. The van der Waals surface area contributed by atoms with E-state index in [-0.39, 0.29) is 11.6 Å². The van der Waals surface area contributed by atoms with Crippen LogP contribution in [0.25, 0.3) is 0 Å². The molecular formula is C15H12F2O3. The van der Waals surface area contributed by atoms with E-state index in [1.165, 1.54) is 24.3 Å². The Morgan fingerprint density at radius 2 is 1.95 bits per heavy atom. The van der Waals surface area contributed by atoms with Crippen LogP contribution in [-0.4, -0.2) is 11.1 Å². The molecule has 2 aromatic rings. The molecule has 3 nitrogen and oxygen atoms in total. The summed E-state index contributed by atoms with van der Waals surface area (Å²) >= 11 is 0. The molecule has 0 radical (unpaired) electrons. The lowest BCUT2D eigenvalue weighted by molar-refractivity contribution is 0.0692. The molecule has 0 aliphatic heterocycles. The quantitative estimate of drug-likeness (QED) is 0.918. The Morgan fingerprint density at radius 1 is 1.20 bits per heavy atom. The Morgan fingerprint density at radius 3 is 2.55 bits per heavy atom. The molecule has 1 N–H and O–H groups in total. The highest BCUT2D eigenvalue weighted by Gasteiger charge is 2.12. The number of aryl methyl sites for hydroxylation is 1. The van der Waals surface area contributed by atoms with E-state index in [2.05, 4.69) is 0 Å². The molecule has 0 saturated carbocycles. The zero-order chi connectivity index (χ0) is 14.7. The molecule has 0 heterocycles. The summed E-state index contributed by atoms with van der Waals surface area (Å²) in [5.74, 6) is -2.02. The lowest BCUT2D eigenvalue weighted by Gasteiger charge is -2.10. The van der Waals surface area contributed by atoms with Gasteiger partial charge in [-0.25, -0.2) is 13.6 Å². The summed E-state index contributed by atoms with van der Waals surface area (Å²) in [5.41, 5.74) is 0.222. The smallest absolute Gasteiger partial charge is 0.338 e. The van der Waals surface area contributed by atoms with Gasteiger partial charge in [0.25, 0.3) is 0 Å². The van der Waals surface area contributed by atoms with E-state index >= 15 is 0 Å². The van der Waals surface area contributed by atoms with Gasteiger partial charge in [-0.3, -0.25) is 0 Å². The molecule has 0 atom stereocenters. The highest BCUT2D eigenvalue weighted by molar-refractivity contribution is 5.88. The van der Waals surface area contributed by atoms with E-state index in [1.54, 1.807) is 0 Å². The molecule has 0 aromatic heterocycles. The van der Waals surface area contributed by atoms with Crippen molar-refractivity contribution < 1.29 is 23.4 Å². The van der Waals surface area contributed by atoms with Gasteiger partial charge < -0.3 is 9.84 Å². The molecule has 0 bridgehead atoms. The van der Waals surface area contributed by atoms with E-state index in [9.17, 15) is 13.6 Å². The fourth-order valence-corrected chi connectivity index (χ4v) is 1.78. The second kappa shape index (κ2) is 5.69. The summed E-state index contributed by atoms with van der Waals surface area (Å²) < 4.78 is 32.1. The van der Waals surface area contributed by atoms with Crippen molar-refractivity contribution in [3.63, 3.8) is 0 Å². The maximum atomic E-state index is 13.5. The number of carboxylic acid groups (broad SMARTS) is 1. The summed E-state index contributed by atoms with van der Waals surface area (Å²) in [6.07, 6.45) is 0.558. The van der Waals surface area contributed by atoms with Crippen molar-refractivity contribution in [2.24, 2.45) is 0 Å². The zero-order valence-corrected chi connectivity index (χ0v) is 10.7. The van der Waals surface area contributed by atoms with Gasteiger partial charge >= 0.3 is 5.97 Å². The maximum Gasteiger partial charge on any atom is 0.338 e. The van der Waals surface area contributed by atoms with E-state index in [4.69, 9.17) is 9.84 Å². The summed E-state index contributed by atoms with van der Waals surface area (Å²) in [6, 6.07) is 7.52. The number of rotatable bonds is 4. The first kappa shape index (κ1) is 14.0. The van der Waals surface area contributed by atoms with Crippen LogP contribution in [0.15, 0.2) is 36.4 Å². The fraction of sp³-hybridized carbons (Fsp3) is 0.133. The number of carboxylic acids is 1. The minimum atomic E-state index is -1.34. The lowest BCUT2D eigenvalue weighted by atomic mass is 10.1. The van der Waals surface area contributed by atoms with E-state index in [0.717, 1.165) is 12.1 Å². The molecule has 20 heavy (non-hydrogen) atoms. The third-order valence-electron chi connectivity index (χ3n) is 2.80. The molecule has 0 saturated heterocycles. The predicted octanol–water partition coefficient (Wildman–Crippen LogP) is 4.02. The second-order valence-electron chi connectivity index (χ2n) is 4.15. The van der Waals surface area contributed by atoms with Gasteiger partial charge in [0.05, 0.1) is 5.56 Å². The average Bonchev–Trinajstić information content (AvgIpc) is 2.40. The fourth-order valence-electron chi connectivity index (χ4n) is 1.78. The van der Waals surface area contributed by atoms with Gasteiger partial charge in [-0.15, -0.1) is 0 Å². The summed E-state index contributed by atoms with van der Waals surface area (Å²) in [6.45, 7) is 1.84. The van der Waals surface area contributed by atoms with Crippen LogP contribution in [0.4, 0.5) is 8.78 Å². The summed E-state index contributed by atoms with van der Waals surface area (Å²) in [4.78, 5) is 10.7. The Labute approximate surface area is 114 Å². The predicted molar refractivity (Wildman–Crippen MR) is 69.2 cm³/mol. The molecule has 0 fully saturated rings. The van der Waals surface area contributed by atoms with Gasteiger partial charge in [0.2, 0.25) is 0 Å². The van der Waals surface area contributed by atoms with Gasteiger partial charge in [-0.05, 0) is 42.3 Å². The number of ether oxygens (including phenoxy) is 1. The van der Waals surface area contributed by atoms with Gasteiger partial charge in [0, 0.05) is 6.07 Å². The van der Waals surface area contributed by atoms with Crippen molar-refractivity contribution in [2.75, 3.05) is 0 Å². The minimum Gasteiger partial charge on any atom is -0.478 e. The van der Waals surface area contributed by atoms with Crippen LogP contribution in [0.1, 0.15) is 22.8 Å². The lowest BCUT2D eigenvalue weighted by Crippen LogP contribution is -2.00. The van der Waals surface area contributed by atoms with Gasteiger partial charge in [0.1, 0.15) is 23.1 Å². The number of hydrogen-bond donors (Lipinski definition) is 1. The molecule has 0 amide bonds. The van der Waals surface area contributed by atoms with Crippen LogP contribution in [0, 0.1) is 11.6 Å². The monoisotopic (exact) mass is 278 g/mol. The topological polar surface area (TPSA) is 46.5 Å². The SMILES string of the molecule is CCc1cc(F)ccc1Oc1ccc(C(=O)O)c(F)c1. The van der Waals surface area contributed by atoms with Crippen LogP contribution in [0.3, 0.4) is 0 Å². The first-order valence-corrected chi connectivity index (χ1v) is 6.00. The van der Waals surface area contributed by atoms with Crippen LogP contribution in [0.2, 0.25) is 0 Å². The van der Waals surface area contributed by atoms with Crippen molar-refractivity contribution in [2.45, 2.75) is 13.3 Å². The molecule has 0 unspecified atom stereocenters. The Bertz CT molecular complexity index is 654. The Balaban J connectivity index is 2.31. The highest BCUT2D eigenvalue weighted by atomic mass is 19.1. The first-order chi connectivity index (χ1) is 9.51. The number of aromatic carboxylic acids is 1. The Kier molecular flexibility index (Phi) is 3.98. The highest BCUT2D eigenvalue weighted by Crippen LogP contribution is 2.27. The number of carbonyl (C=O) groups is 1. The van der Waals surface area contributed by atoms with Crippen molar-refractivity contribution >= 4 is 5.97 Å². The van der Waals surface area contributed by atoms with E-state index in [0.29, 0.717) is 17.7 Å². The molecule has 0 aliphatic rings. The summed E-state index contributed by atoms with van der Waals surface area (Å²) in [5, 5.41) is 8.74. The van der Waals surface area contributed by atoms with E-state index in [1.807, 2.05) is 6.92 Å². The standard InChI is InChI=1S/C15H12F2O3/c1-2-9-7-10(16)3-6-14(9)20-11-4-5-12(15(18)19)13(17)8-11/h3-8H,2H2,1H3,(H,18,19). The molecule has 0 aliphatic carbocycles.